The largest absolute Gasteiger partial charge is 0.416 e. The Balaban J connectivity index is 2.20. The average molecular weight is 266 g/mol. The second-order valence-electron chi connectivity index (χ2n) is 3.76. The van der Waals surface area contributed by atoms with Crippen molar-refractivity contribution in [3.63, 3.8) is 0 Å². The van der Waals surface area contributed by atoms with Gasteiger partial charge in [-0.3, -0.25) is 0 Å². The number of nitrogens with one attached hydrogen (secondary N) is 2. The van der Waals surface area contributed by atoms with E-state index in [1.807, 2.05) is 0 Å². The minimum absolute atomic E-state index is 0.0543. The highest BCUT2D eigenvalue weighted by atomic mass is 19.4. The fourth-order valence-corrected chi connectivity index (χ4v) is 1.54. The third-order valence-electron chi connectivity index (χ3n) is 2.47. The van der Waals surface area contributed by atoms with Crippen LogP contribution in [0.5, 0.6) is 0 Å². The smallest absolute Gasteiger partial charge is 0.377 e. The highest BCUT2D eigenvalue weighted by molar-refractivity contribution is 5.58. The minimum Gasteiger partial charge on any atom is -0.377 e. The van der Waals surface area contributed by atoms with Gasteiger partial charge in [0.25, 0.3) is 0 Å². The van der Waals surface area contributed by atoms with Crippen LogP contribution in [0.3, 0.4) is 0 Å². The van der Waals surface area contributed by atoms with Crippen molar-refractivity contribution < 1.29 is 13.2 Å². The molecule has 0 aliphatic carbocycles. The second-order valence-corrected chi connectivity index (χ2v) is 3.76. The summed E-state index contributed by atoms with van der Waals surface area (Å²) in [6, 6.07) is 4.75. The number of anilines is 1. The predicted octanol–water partition coefficient (Wildman–Crippen LogP) is 2.91. The molecule has 0 atom stereocenters. The molecule has 2 aromatic rings. The van der Waals surface area contributed by atoms with E-state index in [0.29, 0.717) is 18.1 Å². The van der Waals surface area contributed by atoms with E-state index >= 15 is 0 Å². The number of imidazole rings is 1. The molecule has 0 saturated carbocycles. The van der Waals surface area contributed by atoms with Gasteiger partial charge in [0.05, 0.1) is 23.4 Å². The Kier molecular flexibility index (Phi) is 3.42. The summed E-state index contributed by atoms with van der Waals surface area (Å²) in [5.41, 5.74) is -0.555. The highest BCUT2D eigenvalue weighted by Gasteiger charge is 2.31. The van der Waals surface area contributed by atoms with Gasteiger partial charge in [-0.05, 0) is 18.2 Å². The molecule has 98 valence electrons. The maximum Gasteiger partial charge on any atom is 0.416 e. The Bertz CT molecular complexity index is 596. The van der Waals surface area contributed by atoms with Gasteiger partial charge >= 0.3 is 6.18 Å². The van der Waals surface area contributed by atoms with Gasteiger partial charge in [0.15, 0.2) is 0 Å². The van der Waals surface area contributed by atoms with Crippen molar-refractivity contribution in [2.75, 3.05) is 5.32 Å². The first-order valence-corrected chi connectivity index (χ1v) is 5.34. The molecule has 0 radical (unpaired) electrons. The van der Waals surface area contributed by atoms with Crippen molar-refractivity contribution in [3.8, 4) is 6.07 Å². The molecule has 4 nitrogen and oxygen atoms in total. The van der Waals surface area contributed by atoms with Crippen molar-refractivity contribution >= 4 is 5.69 Å². The number of rotatable bonds is 3. The standard InChI is InChI=1S/C12H9F3N4/c13-12(14,15)9-1-2-10(8(5-9)6-16)19-7-11-17-3-4-18-11/h1-5,19H,7H2,(H,17,18). The fourth-order valence-electron chi connectivity index (χ4n) is 1.54. The lowest BCUT2D eigenvalue weighted by Crippen LogP contribution is -2.07. The molecule has 7 heteroatoms. The molecule has 0 aliphatic heterocycles. The molecule has 1 heterocycles. The van der Waals surface area contributed by atoms with Crippen LogP contribution in [0.4, 0.5) is 18.9 Å². The summed E-state index contributed by atoms with van der Waals surface area (Å²) in [7, 11) is 0. The summed E-state index contributed by atoms with van der Waals surface area (Å²) < 4.78 is 37.5. The first-order chi connectivity index (χ1) is 9.00. The number of alkyl halides is 3. The Hall–Kier alpha value is -2.49. The highest BCUT2D eigenvalue weighted by Crippen LogP contribution is 2.31. The maximum atomic E-state index is 12.5. The molecule has 0 unspecified atom stereocenters. The number of benzene rings is 1. The van der Waals surface area contributed by atoms with Gasteiger partial charge in [-0.25, -0.2) is 4.98 Å². The van der Waals surface area contributed by atoms with Crippen LogP contribution in [0.25, 0.3) is 0 Å². The number of hydrogen-bond donors (Lipinski definition) is 2. The van der Waals surface area contributed by atoms with Gasteiger partial charge in [-0.15, -0.1) is 0 Å². The van der Waals surface area contributed by atoms with Crippen LogP contribution in [0.1, 0.15) is 17.0 Å². The summed E-state index contributed by atoms with van der Waals surface area (Å²) in [4.78, 5) is 6.81. The predicted molar refractivity (Wildman–Crippen MR) is 62.1 cm³/mol. The number of H-pyrrole nitrogens is 1. The summed E-state index contributed by atoms with van der Waals surface area (Å²) in [6.07, 6.45) is -1.25. The number of aromatic nitrogens is 2. The third-order valence-corrected chi connectivity index (χ3v) is 2.47. The molecule has 0 aliphatic rings. The molecular formula is C12H9F3N4. The van der Waals surface area contributed by atoms with Gasteiger partial charge in [0.1, 0.15) is 11.9 Å². The summed E-state index contributed by atoms with van der Waals surface area (Å²) in [5, 5.41) is 11.7. The summed E-state index contributed by atoms with van der Waals surface area (Å²) >= 11 is 0. The van der Waals surface area contributed by atoms with Crippen LogP contribution in [0.15, 0.2) is 30.6 Å². The molecule has 0 spiro atoms. The second kappa shape index (κ2) is 5.02. The van der Waals surface area contributed by atoms with E-state index in [1.165, 1.54) is 6.07 Å². The summed E-state index contributed by atoms with van der Waals surface area (Å²) in [5.74, 6) is 0.629. The monoisotopic (exact) mass is 266 g/mol. The van der Waals surface area contributed by atoms with Crippen LogP contribution in [-0.2, 0) is 12.7 Å². The SMILES string of the molecule is N#Cc1cc(C(F)(F)F)ccc1NCc1ncc[nH]1. The average Bonchev–Trinajstić information content (AvgIpc) is 2.88. The molecule has 2 rings (SSSR count). The summed E-state index contributed by atoms with van der Waals surface area (Å²) in [6.45, 7) is 0.299. The quantitative estimate of drug-likeness (QED) is 0.897. The fraction of sp³-hybridized carbons (Fsp3) is 0.167. The lowest BCUT2D eigenvalue weighted by atomic mass is 10.1. The molecule has 0 bridgehead atoms. The van der Waals surface area contributed by atoms with E-state index in [0.717, 1.165) is 12.1 Å². The molecule has 2 N–H and O–H groups in total. The first-order valence-electron chi connectivity index (χ1n) is 5.34. The minimum atomic E-state index is -4.45. The van der Waals surface area contributed by atoms with Crippen molar-refractivity contribution in [1.29, 1.82) is 5.26 Å². The molecular weight excluding hydrogens is 257 g/mol. The van der Waals surface area contributed by atoms with Gasteiger partial charge in [-0.2, -0.15) is 18.4 Å². The topological polar surface area (TPSA) is 64.5 Å². The van der Waals surface area contributed by atoms with Crippen LogP contribution in [-0.4, -0.2) is 9.97 Å². The normalized spacial score (nSPS) is 11.1. The third kappa shape index (κ3) is 3.04. The van der Waals surface area contributed by atoms with Crippen molar-refractivity contribution in [1.82, 2.24) is 9.97 Å². The molecule has 0 amide bonds. The first kappa shape index (κ1) is 13.0. The van der Waals surface area contributed by atoms with E-state index in [2.05, 4.69) is 15.3 Å². The van der Waals surface area contributed by atoms with Crippen LogP contribution in [0.2, 0.25) is 0 Å². The number of aromatic amines is 1. The molecule has 0 fully saturated rings. The van der Waals surface area contributed by atoms with Gasteiger partial charge in [0, 0.05) is 12.4 Å². The Morgan fingerprint density at radius 1 is 1.37 bits per heavy atom. The van der Waals surface area contributed by atoms with Crippen LogP contribution < -0.4 is 5.32 Å². The number of hydrogen-bond acceptors (Lipinski definition) is 3. The van der Waals surface area contributed by atoms with E-state index in [9.17, 15) is 13.2 Å². The Morgan fingerprint density at radius 3 is 2.74 bits per heavy atom. The van der Waals surface area contributed by atoms with Crippen LogP contribution >= 0.6 is 0 Å². The van der Waals surface area contributed by atoms with Crippen molar-refractivity contribution in [2.45, 2.75) is 12.7 Å². The van der Waals surface area contributed by atoms with Gasteiger partial charge < -0.3 is 10.3 Å². The Morgan fingerprint density at radius 2 is 2.16 bits per heavy atom. The lowest BCUT2D eigenvalue weighted by Gasteiger charge is -2.10. The van der Waals surface area contributed by atoms with E-state index in [4.69, 9.17) is 5.26 Å². The molecule has 1 aromatic heterocycles. The van der Waals surface area contributed by atoms with E-state index < -0.39 is 11.7 Å². The van der Waals surface area contributed by atoms with Crippen molar-refractivity contribution in [2.24, 2.45) is 0 Å². The zero-order valence-corrected chi connectivity index (χ0v) is 9.62. The van der Waals surface area contributed by atoms with Gasteiger partial charge in [-0.1, -0.05) is 0 Å². The number of nitriles is 1. The van der Waals surface area contributed by atoms with E-state index in [1.54, 1.807) is 18.5 Å². The van der Waals surface area contributed by atoms with E-state index in [-0.39, 0.29) is 5.56 Å². The zero-order valence-electron chi connectivity index (χ0n) is 9.62. The number of nitrogens with zero attached hydrogens (tertiary/aromatic N) is 2. The molecule has 0 saturated heterocycles. The maximum absolute atomic E-state index is 12.5. The number of halogens is 3. The molecule has 1 aromatic carbocycles. The zero-order chi connectivity index (χ0) is 13.9. The Labute approximate surface area is 106 Å². The van der Waals surface area contributed by atoms with Gasteiger partial charge in [0.2, 0.25) is 0 Å². The van der Waals surface area contributed by atoms with Crippen LogP contribution in [0, 0.1) is 11.3 Å². The molecule has 19 heavy (non-hydrogen) atoms. The lowest BCUT2D eigenvalue weighted by molar-refractivity contribution is -0.137. The van der Waals surface area contributed by atoms with Crippen molar-refractivity contribution in [3.05, 3.63) is 47.5 Å².